The van der Waals surface area contributed by atoms with Gasteiger partial charge in [-0.05, 0) is 24.3 Å². The summed E-state index contributed by atoms with van der Waals surface area (Å²) in [4.78, 5) is 26.8. The van der Waals surface area contributed by atoms with Crippen LogP contribution in [-0.4, -0.2) is 45.3 Å². The van der Waals surface area contributed by atoms with Crippen LogP contribution in [0.4, 0.5) is 0 Å². The maximum Gasteiger partial charge on any atom is 0.278 e. The SMILES string of the molecule is O=C(c1cc(-c2ccncc2)nc2ccccc12)N1C[C@H](O)CO1. The number of aliphatic hydroxyl groups excluding tert-OH is 1. The van der Waals surface area contributed by atoms with Crippen molar-refractivity contribution in [1.29, 1.82) is 0 Å². The zero-order valence-electron chi connectivity index (χ0n) is 12.8. The van der Waals surface area contributed by atoms with Crippen molar-refractivity contribution < 1.29 is 14.7 Å². The number of para-hydroxylation sites is 1. The third kappa shape index (κ3) is 2.62. The molecule has 1 amide bonds. The van der Waals surface area contributed by atoms with Gasteiger partial charge in [0.05, 0.1) is 23.3 Å². The van der Waals surface area contributed by atoms with Crippen LogP contribution in [0.25, 0.3) is 22.2 Å². The van der Waals surface area contributed by atoms with Gasteiger partial charge in [-0.2, -0.15) is 0 Å². The highest BCUT2D eigenvalue weighted by molar-refractivity contribution is 6.06. The Labute approximate surface area is 138 Å². The number of carbonyl (C=O) groups is 1. The average molecular weight is 321 g/mol. The maximum absolute atomic E-state index is 12.8. The van der Waals surface area contributed by atoms with Crippen molar-refractivity contribution in [2.24, 2.45) is 0 Å². The van der Waals surface area contributed by atoms with Gasteiger partial charge in [-0.15, -0.1) is 0 Å². The number of amides is 1. The lowest BCUT2D eigenvalue weighted by molar-refractivity contribution is -0.0778. The molecule has 1 N–H and O–H groups in total. The van der Waals surface area contributed by atoms with E-state index in [0.717, 1.165) is 16.5 Å². The second-order valence-corrected chi connectivity index (χ2v) is 5.62. The number of aliphatic hydroxyl groups is 1. The minimum atomic E-state index is -0.651. The van der Waals surface area contributed by atoms with Crippen molar-refractivity contribution in [2.75, 3.05) is 13.2 Å². The van der Waals surface area contributed by atoms with Crippen LogP contribution in [-0.2, 0) is 4.84 Å². The molecular weight excluding hydrogens is 306 g/mol. The molecule has 6 heteroatoms. The van der Waals surface area contributed by atoms with Gasteiger partial charge in [0.1, 0.15) is 12.7 Å². The van der Waals surface area contributed by atoms with Crippen LogP contribution in [0.1, 0.15) is 10.4 Å². The molecule has 0 radical (unpaired) electrons. The summed E-state index contributed by atoms with van der Waals surface area (Å²) in [6.07, 6.45) is 2.73. The minimum absolute atomic E-state index is 0.131. The molecule has 1 aliphatic heterocycles. The summed E-state index contributed by atoms with van der Waals surface area (Å²) in [5.41, 5.74) is 2.81. The Hall–Kier alpha value is -2.83. The Morgan fingerprint density at radius 1 is 1.21 bits per heavy atom. The molecule has 4 rings (SSSR count). The van der Waals surface area contributed by atoms with E-state index >= 15 is 0 Å². The van der Waals surface area contributed by atoms with Crippen molar-refractivity contribution in [1.82, 2.24) is 15.0 Å². The smallest absolute Gasteiger partial charge is 0.278 e. The minimum Gasteiger partial charge on any atom is -0.389 e. The van der Waals surface area contributed by atoms with Gasteiger partial charge < -0.3 is 5.11 Å². The van der Waals surface area contributed by atoms with Crippen molar-refractivity contribution in [3.63, 3.8) is 0 Å². The number of carbonyl (C=O) groups excluding carboxylic acids is 1. The standard InChI is InChI=1S/C18H15N3O3/c22-13-10-21(24-11-13)18(23)15-9-17(12-5-7-19-8-6-12)20-16-4-2-1-3-14(15)16/h1-9,13,22H,10-11H2/t13-/m0/s1. The van der Waals surface area contributed by atoms with E-state index in [-0.39, 0.29) is 19.1 Å². The molecule has 0 bridgehead atoms. The highest BCUT2D eigenvalue weighted by Crippen LogP contribution is 2.26. The van der Waals surface area contributed by atoms with E-state index < -0.39 is 6.10 Å². The number of hydroxylamine groups is 2. The molecule has 0 saturated carbocycles. The van der Waals surface area contributed by atoms with Crippen LogP contribution in [0.2, 0.25) is 0 Å². The number of nitrogens with zero attached hydrogens (tertiary/aromatic N) is 3. The third-order valence-electron chi connectivity index (χ3n) is 3.95. The second kappa shape index (κ2) is 5.99. The number of benzene rings is 1. The van der Waals surface area contributed by atoms with Crippen LogP contribution >= 0.6 is 0 Å². The molecule has 0 spiro atoms. The van der Waals surface area contributed by atoms with Crippen LogP contribution in [0.3, 0.4) is 0 Å². The van der Waals surface area contributed by atoms with Gasteiger partial charge in [0, 0.05) is 23.3 Å². The van der Waals surface area contributed by atoms with Gasteiger partial charge in [-0.25, -0.2) is 10.0 Å². The molecule has 1 saturated heterocycles. The lowest BCUT2D eigenvalue weighted by atomic mass is 10.0. The zero-order valence-corrected chi connectivity index (χ0v) is 12.8. The molecule has 0 unspecified atom stereocenters. The lowest BCUT2D eigenvalue weighted by Gasteiger charge is -2.16. The quantitative estimate of drug-likeness (QED) is 0.782. The van der Waals surface area contributed by atoms with E-state index in [1.165, 1.54) is 5.06 Å². The Morgan fingerprint density at radius 2 is 2.00 bits per heavy atom. The number of fused-ring (bicyclic) bond motifs is 1. The predicted molar refractivity (Wildman–Crippen MR) is 88.0 cm³/mol. The van der Waals surface area contributed by atoms with Gasteiger partial charge in [-0.1, -0.05) is 18.2 Å². The third-order valence-corrected chi connectivity index (χ3v) is 3.95. The van der Waals surface area contributed by atoms with Crippen LogP contribution < -0.4 is 0 Å². The summed E-state index contributed by atoms with van der Waals surface area (Å²) in [5.74, 6) is -0.277. The van der Waals surface area contributed by atoms with Gasteiger partial charge in [-0.3, -0.25) is 14.6 Å². The summed E-state index contributed by atoms with van der Waals surface area (Å²) in [5, 5.41) is 11.6. The van der Waals surface area contributed by atoms with Gasteiger partial charge in [0.25, 0.3) is 5.91 Å². The number of rotatable bonds is 2. The summed E-state index contributed by atoms with van der Waals surface area (Å²) in [6, 6.07) is 12.9. The van der Waals surface area contributed by atoms with E-state index in [0.29, 0.717) is 11.3 Å². The fourth-order valence-electron chi connectivity index (χ4n) is 2.77. The molecule has 6 nitrogen and oxygen atoms in total. The van der Waals surface area contributed by atoms with Crippen LogP contribution in [0.5, 0.6) is 0 Å². The van der Waals surface area contributed by atoms with Crippen molar-refractivity contribution >= 4 is 16.8 Å². The highest BCUT2D eigenvalue weighted by atomic mass is 16.7. The number of hydrogen-bond acceptors (Lipinski definition) is 5. The van der Waals surface area contributed by atoms with E-state index in [4.69, 9.17) is 4.84 Å². The maximum atomic E-state index is 12.8. The first-order chi connectivity index (χ1) is 11.7. The molecule has 0 aliphatic carbocycles. The average Bonchev–Trinajstić information content (AvgIpc) is 3.07. The van der Waals surface area contributed by atoms with E-state index in [1.54, 1.807) is 18.5 Å². The monoisotopic (exact) mass is 321 g/mol. The fourth-order valence-corrected chi connectivity index (χ4v) is 2.77. The Morgan fingerprint density at radius 3 is 2.75 bits per heavy atom. The van der Waals surface area contributed by atoms with Crippen LogP contribution in [0, 0.1) is 0 Å². The normalized spacial score (nSPS) is 17.4. The number of pyridine rings is 2. The molecule has 1 aliphatic rings. The van der Waals surface area contributed by atoms with Gasteiger partial charge >= 0.3 is 0 Å². The first-order valence-corrected chi connectivity index (χ1v) is 7.65. The largest absolute Gasteiger partial charge is 0.389 e. The zero-order chi connectivity index (χ0) is 16.5. The molecule has 1 fully saturated rings. The Bertz CT molecular complexity index is 898. The molecule has 1 atom stereocenters. The second-order valence-electron chi connectivity index (χ2n) is 5.62. The summed E-state index contributed by atoms with van der Waals surface area (Å²) < 4.78 is 0. The molecule has 3 heterocycles. The molecule has 120 valence electrons. The summed E-state index contributed by atoms with van der Waals surface area (Å²) in [7, 11) is 0. The topological polar surface area (TPSA) is 75.6 Å². The van der Waals surface area contributed by atoms with E-state index in [9.17, 15) is 9.90 Å². The predicted octanol–water partition coefficient (Wildman–Crippen LogP) is 2.05. The van der Waals surface area contributed by atoms with E-state index in [2.05, 4.69) is 9.97 Å². The lowest BCUT2D eigenvalue weighted by Crippen LogP contribution is -2.28. The number of β-amino-alcohol motifs (C(OH)–C–C–N with tert-alkyl or cyclic N) is 1. The van der Waals surface area contributed by atoms with Gasteiger partial charge in [0.2, 0.25) is 0 Å². The Kier molecular flexibility index (Phi) is 3.68. The van der Waals surface area contributed by atoms with Crippen LogP contribution in [0.15, 0.2) is 54.9 Å². The first-order valence-electron chi connectivity index (χ1n) is 7.65. The highest BCUT2D eigenvalue weighted by Gasteiger charge is 2.28. The molecule has 24 heavy (non-hydrogen) atoms. The molecule has 3 aromatic rings. The molecule has 2 aromatic heterocycles. The number of hydrogen-bond donors (Lipinski definition) is 1. The summed E-state index contributed by atoms with van der Waals surface area (Å²) >= 11 is 0. The Balaban J connectivity index is 1.85. The van der Waals surface area contributed by atoms with Crippen molar-refractivity contribution in [2.45, 2.75) is 6.10 Å². The molecule has 1 aromatic carbocycles. The first kappa shape index (κ1) is 14.7. The molecular formula is C18H15N3O3. The van der Waals surface area contributed by atoms with Crippen molar-refractivity contribution in [3.05, 3.63) is 60.4 Å². The van der Waals surface area contributed by atoms with Gasteiger partial charge in [0.15, 0.2) is 0 Å². The fraction of sp³-hybridized carbons (Fsp3) is 0.167. The van der Waals surface area contributed by atoms with Crippen molar-refractivity contribution in [3.8, 4) is 11.3 Å². The van der Waals surface area contributed by atoms with E-state index in [1.807, 2.05) is 36.4 Å². The summed E-state index contributed by atoms with van der Waals surface area (Å²) in [6.45, 7) is 0.298. The number of aromatic nitrogens is 2.